The molecule has 0 heterocycles. The van der Waals surface area contributed by atoms with Gasteiger partial charge in [0.1, 0.15) is 5.75 Å². The molecule has 19 heavy (non-hydrogen) atoms. The fraction of sp³-hybridized carbons (Fsp3) is 0.625. The molecule has 0 aliphatic heterocycles. The van der Waals surface area contributed by atoms with Crippen LogP contribution in [0.1, 0.15) is 45.7 Å². The Bertz CT molecular complexity index is 377. The summed E-state index contributed by atoms with van der Waals surface area (Å²) in [5.41, 5.74) is 1.10. The lowest BCUT2D eigenvalue weighted by Gasteiger charge is -2.29. The standard InChI is InChI=1S/C16H27NO2/c1-6-17-15(12-16(3,4)18-5)13-9-8-10-14(11-13)19-7-2/h8-11,15,17H,6-7,12H2,1-5H3. The Morgan fingerprint density at radius 3 is 2.58 bits per heavy atom. The van der Waals surface area contributed by atoms with E-state index in [0.717, 1.165) is 18.7 Å². The van der Waals surface area contributed by atoms with Crippen LogP contribution in [0.3, 0.4) is 0 Å². The fourth-order valence-electron chi connectivity index (χ4n) is 2.12. The molecule has 1 N–H and O–H groups in total. The summed E-state index contributed by atoms with van der Waals surface area (Å²) in [5, 5.41) is 3.52. The van der Waals surface area contributed by atoms with Crippen molar-refractivity contribution in [2.75, 3.05) is 20.3 Å². The predicted octanol–water partition coefficient (Wildman–Crippen LogP) is 3.55. The highest BCUT2D eigenvalue weighted by atomic mass is 16.5. The molecule has 0 fully saturated rings. The molecule has 108 valence electrons. The van der Waals surface area contributed by atoms with Crippen molar-refractivity contribution in [1.82, 2.24) is 5.32 Å². The Labute approximate surface area is 117 Å². The summed E-state index contributed by atoms with van der Waals surface area (Å²) >= 11 is 0. The maximum Gasteiger partial charge on any atom is 0.119 e. The molecule has 0 amide bonds. The van der Waals surface area contributed by atoms with E-state index >= 15 is 0 Å². The summed E-state index contributed by atoms with van der Waals surface area (Å²) in [6.45, 7) is 9.98. The molecule has 1 rings (SSSR count). The normalized spacial score (nSPS) is 13.3. The molecule has 0 radical (unpaired) electrons. The average molecular weight is 265 g/mol. The van der Waals surface area contributed by atoms with E-state index in [2.05, 4.69) is 38.2 Å². The van der Waals surface area contributed by atoms with Gasteiger partial charge in [0.25, 0.3) is 0 Å². The highest BCUT2D eigenvalue weighted by Gasteiger charge is 2.23. The lowest BCUT2D eigenvalue weighted by atomic mass is 9.93. The minimum Gasteiger partial charge on any atom is -0.494 e. The van der Waals surface area contributed by atoms with Crippen LogP contribution < -0.4 is 10.1 Å². The van der Waals surface area contributed by atoms with Crippen LogP contribution in [0, 0.1) is 0 Å². The maximum atomic E-state index is 5.57. The van der Waals surface area contributed by atoms with E-state index in [1.165, 1.54) is 5.56 Å². The molecule has 0 aromatic heterocycles. The predicted molar refractivity (Wildman–Crippen MR) is 79.7 cm³/mol. The van der Waals surface area contributed by atoms with Gasteiger partial charge >= 0.3 is 0 Å². The summed E-state index contributed by atoms with van der Waals surface area (Å²) in [4.78, 5) is 0. The van der Waals surface area contributed by atoms with Crippen molar-refractivity contribution in [2.45, 2.75) is 45.8 Å². The molecular weight excluding hydrogens is 238 g/mol. The van der Waals surface area contributed by atoms with Crippen molar-refractivity contribution in [3.8, 4) is 5.75 Å². The molecule has 0 aliphatic rings. The smallest absolute Gasteiger partial charge is 0.119 e. The van der Waals surface area contributed by atoms with Crippen LogP contribution in [0.4, 0.5) is 0 Å². The minimum atomic E-state index is -0.144. The van der Waals surface area contributed by atoms with E-state index < -0.39 is 0 Å². The Hall–Kier alpha value is -1.06. The quantitative estimate of drug-likeness (QED) is 0.779. The van der Waals surface area contributed by atoms with Gasteiger partial charge in [0.15, 0.2) is 0 Å². The zero-order valence-electron chi connectivity index (χ0n) is 12.8. The second-order valence-corrected chi connectivity index (χ2v) is 5.28. The topological polar surface area (TPSA) is 30.5 Å². The van der Waals surface area contributed by atoms with Gasteiger partial charge in [0.05, 0.1) is 12.2 Å². The lowest BCUT2D eigenvalue weighted by Crippen LogP contribution is -2.32. The molecule has 0 aliphatic carbocycles. The zero-order chi connectivity index (χ0) is 14.3. The van der Waals surface area contributed by atoms with Gasteiger partial charge in [0, 0.05) is 13.2 Å². The van der Waals surface area contributed by atoms with Gasteiger partial charge in [-0.25, -0.2) is 0 Å². The van der Waals surface area contributed by atoms with E-state index in [0.29, 0.717) is 6.61 Å². The van der Waals surface area contributed by atoms with Crippen LogP contribution in [0.5, 0.6) is 5.75 Å². The van der Waals surface area contributed by atoms with Gasteiger partial charge in [-0.1, -0.05) is 19.1 Å². The number of benzene rings is 1. The molecule has 1 unspecified atom stereocenters. The van der Waals surface area contributed by atoms with Crippen molar-refractivity contribution in [2.24, 2.45) is 0 Å². The number of methoxy groups -OCH3 is 1. The van der Waals surface area contributed by atoms with E-state index in [-0.39, 0.29) is 11.6 Å². The van der Waals surface area contributed by atoms with Gasteiger partial charge in [-0.3, -0.25) is 0 Å². The van der Waals surface area contributed by atoms with Gasteiger partial charge in [-0.15, -0.1) is 0 Å². The van der Waals surface area contributed by atoms with E-state index in [1.54, 1.807) is 7.11 Å². The van der Waals surface area contributed by atoms with Crippen LogP contribution in [0.15, 0.2) is 24.3 Å². The first-order valence-electron chi connectivity index (χ1n) is 7.03. The molecule has 0 saturated carbocycles. The third-order valence-electron chi connectivity index (χ3n) is 3.27. The van der Waals surface area contributed by atoms with Crippen LogP contribution >= 0.6 is 0 Å². The monoisotopic (exact) mass is 265 g/mol. The zero-order valence-corrected chi connectivity index (χ0v) is 12.8. The first-order valence-corrected chi connectivity index (χ1v) is 7.03. The number of hydrogen-bond donors (Lipinski definition) is 1. The number of ether oxygens (including phenoxy) is 2. The van der Waals surface area contributed by atoms with Gasteiger partial charge < -0.3 is 14.8 Å². The summed E-state index contributed by atoms with van der Waals surface area (Å²) in [6, 6.07) is 8.58. The first kappa shape index (κ1) is 16.0. The van der Waals surface area contributed by atoms with E-state index in [4.69, 9.17) is 9.47 Å². The fourth-order valence-corrected chi connectivity index (χ4v) is 2.12. The summed E-state index contributed by atoms with van der Waals surface area (Å²) < 4.78 is 11.1. The number of nitrogens with one attached hydrogen (secondary N) is 1. The Balaban J connectivity index is 2.88. The van der Waals surface area contributed by atoms with Gasteiger partial charge in [-0.2, -0.15) is 0 Å². The molecular formula is C16H27NO2. The Kier molecular flexibility index (Phi) is 6.32. The second kappa shape index (κ2) is 7.51. The molecule has 3 nitrogen and oxygen atoms in total. The van der Waals surface area contributed by atoms with Crippen molar-refractivity contribution in [1.29, 1.82) is 0 Å². The summed E-state index contributed by atoms with van der Waals surface area (Å²) in [7, 11) is 1.76. The minimum absolute atomic E-state index is 0.144. The van der Waals surface area contributed by atoms with Crippen LogP contribution in [0.2, 0.25) is 0 Å². The van der Waals surface area contributed by atoms with Crippen LogP contribution in [-0.4, -0.2) is 25.9 Å². The third-order valence-corrected chi connectivity index (χ3v) is 3.27. The second-order valence-electron chi connectivity index (χ2n) is 5.28. The van der Waals surface area contributed by atoms with E-state index in [1.807, 2.05) is 19.1 Å². The van der Waals surface area contributed by atoms with Crippen molar-refractivity contribution < 1.29 is 9.47 Å². The largest absolute Gasteiger partial charge is 0.494 e. The highest BCUT2D eigenvalue weighted by molar-refractivity contribution is 5.30. The molecule has 0 bridgehead atoms. The summed E-state index contributed by atoms with van der Waals surface area (Å²) in [6.07, 6.45) is 0.924. The molecule has 3 heteroatoms. The van der Waals surface area contributed by atoms with Crippen LogP contribution in [0.25, 0.3) is 0 Å². The molecule has 0 spiro atoms. The number of rotatable bonds is 8. The number of hydrogen-bond acceptors (Lipinski definition) is 3. The SMILES string of the molecule is CCNC(CC(C)(C)OC)c1cccc(OCC)c1. The molecule has 1 aromatic rings. The lowest BCUT2D eigenvalue weighted by molar-refractivity contribution is 0.00695. The Morgan fingerprint density at radius 2 is 2.00 bits per heavy atom. The van der Waals surface area contributed by atoms with E-state index in [9.17, 15) is 0 Å². The van der Waals surface area contributed by atoms with Gasteiger partial charge in [-0.05, 0) is 51.4 Å². The van der Waals surface area contributed by atoms with Gasteiger partial charge in [0.2, 0.25) is 0 Å². The van der Waals surface area contributed by atoms with Crippen LogP contribution in [-0.2, 0) is 4.74 Å². The molecule has 1 atom stereocenters. The highest BCUT2D eigenvalue weighted by Crippen LogP contribution is 2.28. The average Bonchev–Trinajstić information content (AvgIpc) is 2.39. The first-order chi connectivity index (χ1) is 9.02. The van der Waals surface area contributed by atoms with Crippen molar-refractivity contribution in [3.05, 3.63) is 29.8 Å². The van der Waals surface area contributed by atoms with Crippen molar-refractivity contribution >= 4 is 0 Å². The summed E-state index contributed by atoms with van der Waals surface area (Å²) in [5.74, 6) is 0.929. The maximum absolute atomic E-state index is 5.57. The molecule has 1 aromatic carbocycles. The van der Waals surface area contributed by atoms with Crippen molar-refractivity contribution in [3.63, 3.8) is 0 Å². The molecule has 0 saturated heterocycles. The Morgan fingerprint density at radius 1 is 1.26 bits per heavy atom. The third kappa shape index (κ3) is 5.21.